The fourth-order valence-electron chi connectivity index (χ4n) is 2.08. The molecule has 0 saturated carbocycles. The van der Waals surface area contributed by atoms with Crippen molar-refractivity contribution in [1.29, 1.82) is 0 Å². The Morgan fingerprint density at radius 3 is 2.95 bits per heavy atom. The van der Waals surface area contributed by atoms with E-state index in [9.17, 15) is 18.0 Å². The number of halogens is 3. The monoisotopic (exact) mass is 301 g/mol. The first kappa shape index (κ1) is 13.7. The zero-order chi connectivity index (χ0) is 15.0. The van der Waals surface area contributed by atoms with Gasteiger partial charge >= 0.3 is 6.18 Å². The standard InChI is InChI=1S/C11H10F3N5O2/c12-11(13,14)8-6-18(3-4-21-8)10(20)7-1-2-9-15-16-17-19(9)5-7/h1-2,5,8H,3-4,6H2. The van der Waals surface area contributed by atoms with Gasteiger partial charge in [-0.1, -0.05) is 0 Å². The van der Waals surface area contributed by atoms with Crippen LogP contribution in [0.5, 0.6) is 0 Å². The summed E-state index contributed by atoms with van der Waals surface area (Å²) in [5, 5.41) is 10.8. The molecule has 0 radical (unpaired) electrons. The van der Waals surface area contributed by atoms with Crippen molar-refractivity contribution in [1.82, 2.24) is 24.9 Å². The summed E-state index contributed by atoms with van der Waals surface area (Å²) in [6.45, 7) is -0.557. The van der Waals surface area contributed by atoms with Crippen LogP contribution >= 0.6 is 0 Å². The fourth-order valence-corrected chi connectivity index (χ4v) is 2.08. The Kier molecular flexibility index (Phi) is 3.24. The van der Waals surface area contributed by atoms with E-state index in [0.717, 1.165) is 4.90 Å². The number of tetrazole rings is 1. The van der Waals surface area contributed by atoms with Crippen LogP contribution in [0.15, 0.2) is 18.3 Å². The Morgan fingerprint density at radius 2 is 2.19 bits per heavy atom. The van der Waals surface area contributed by atoms with Gasteiger partial charge in [0.15, 0.2) is 11.8 Å². The summed E-state index contributed by atoms with van der Waals surface area (Å²) in [7, 11) is 0. The Balaban J connectivity index is 1.80. The van der Waals surface area contributed by atoms with Crippen LogP contribution < -0.4 is 0 Å². The number of hydrogen-bond acceptors (Lipinski definition) is 5. The van der Waals surface area contributed by atoms with Crippen molar-refractivity contribution < 1.29 is 22.7 Å². The summed E-state index contributed by atoms with van der Waals surface area (Å²) in [5.41, 5.74) is 0.666. The zero-order valence-electron chi connectivity index (χ0n) is 10.6. The van der Waals surface area contributed by atoms with Gasteiger partial charge in [-0.3, -0.25) is 4.79 Å². The van der Waals surface area contributed by atoms with Crippen LogP contribution in [0.3, 0.4) is 0 Å². The molecule has 21 heavy (non-hydrogen) atoms. The van der Waals surface area contributed by atoms with Gasteiger partial charge < -0.3 is 9.64 Å². The minimum atomic E-state index is -4.49. The molecule has 0 spiro atoms. The predicted octanol–water partition coefficient (Wildman–Crippen LogP) is 0.528. The van der Waals surface area contributed by atoms with Crippen molar-refractivity contribution in [2.24, 2.45) is 0 Å². The van der Waals surface area contributed by atoms with Gasteiger partial charge in [0.1, 0.15) is 0 Å². The van der Waals surface area contributed by atoms with E-state index >= 15 is 0 Å². The zero-order valence-corrected chi connectivity index (χ0v) is 10.6. The van der Waals surface area contributed by atoms with Gasteiger partial charge in [0, 0.05) is 12.7 Å². The summed E-state index contributed by atoms with van der Waals surface area (Å²) in [4.78, 5) is 13.4. The number of alkyl halides is 3. The van der Waals surface area contributed by atoms with E-state index in [-0.39, 0.29) is 18.7 Å². The Bertz CT molecular complexity index is 671. The lowest BCUT2D eigenvalue weighted by Crippen LogP contribution is -2.51. The molecule has 1 amide bonds. The number of ether oxygens (including phenoxy) is 1. The van der Waals surface area contributed by atoms with Gasteiger partial charge in [-0.05, 0) is 22.6 Å². The van der Waals surface area contributed by atoms with Crippen molar-refractivity contribution in [3.8, 4) is 0 Å². The quantitative estimate of drug-likeness (QED) is 0.768. The lowest BCUT2D eigenvalue weighted by Gasteiger charge is -2.33. The molecule has 1 saturated heterocycles. The second-order valence-corrected chi connectivity index (χ2v) is 4.55. The number of aromatic nitrogens is 4. The molecule has 3 rings (SSSR count). The van der Waals surface area contributed by atoms with Crippen LogP contribution in [-0.2, 0) is 4.74 Å². The lowest BCUT2D eigenvalue weighted by molar-refractivity contribution is -0.233. The topological polar surface area (TPSA) is 72.6 Å². The molecule has 2 aromatic rings. The van der Waals surface area contributed by atoms with Gasteiger partial charge in [0.05, 0.1) is 18.7 Å². The number of amides is 1. The summed E-state index contributed by atoms with van der Waals surface area (Å²) in [5.74, 6) is -0.509. The molecule has 10 heteroatoms. The average Bonchev–Trinajstić information content (AvgIpc) is 2.93. The van der Waals surface area contributed by atoms with Crippen LogP contribution in [0.4, 0.5) is 13.2 Å². The molecular formula is C11H10F3N5O2. The van der Waals surface area contributed by atoms with Crippen LogP contribution in [0.1, 0.15) is 10.4 Å². The largest absolute Gasteiger partial charge is 0.416 e. The van der Waals surface area contributed by atoms with Crippen molar-refractivity contribution in [3.05, 3.63) is 23.9 Å². The number of carbonyl (C=O) groups is 1. The minimum absolute atomic E-state index is 0.110. The van der Waals surface area contributed by atoms with E-state index in [0.29, 0.717) is 5.65 Å². The Morgan fingerprint density at radius 1 is 1.38 bits per heavy atom. The van der Waals surface area contributed by atoms with Crippen molar-refractivity contribution in [3.63, 3.8) is 0 Å². The molecule has 1 unspecified atom stereocenters. The number of fused-ring (bicyclic) bond motifs is 1. The van der Waals surface area contributed by atoms with Crippen LogP contribution in [0.2, 0.25) is 0 Å². The Labute approximate surface area is 116 Å². The number of rotatable bonds is 1. The van der Waals surface area contributed by atoms with Gasteiger partial charge in [0.2, 0.25) is 0 Å². The normalized spacial score (nSPS) is 20.0. The Hall–Kier alpha value is -2.23. The van der Waals surface area contributed by atoms with Crippen molar-refractivity contribution >= 4 is 11.6 Å². The van der Waals surface area contributed by atoms with Gasteiger partial charge in [-0.2, -0.15) is 17.7 Å². The summed E-state index contributed by atoms with van der Waals surface area (Å²) in [6.07, 6.45) is -5.05. The van der Waals surface area contributed by atoms with Crippen LogP contribution in [0.25, 0.3) is 5.65 Å². The van der Waals surface area contributed by atoms with Crippen molar-refractivity contribution in [2.45, 2.75) is 12.3 Å². The highest BCUT2D eigenvalue weighted by atomic mass is 19.4. The maximum absolute atomic E-state index is 12.7. The summed E-state index contributed by atoms with van der Waals surface area (Å²) < 4.78 is 43.9. The summed E-state index contributed by atoms with van der Waals surface area (Å²) in [6, 6.07) is 3.00. The minimum Gasteiger partial charge on any atom is -0.365 e. The number of hydrogen-bond donors (Lipinski definition) is 0. The highest BCUT2D eigenvalue weighted by Crippen LogP contribution is 2.26. The second-order valence-electron chi connectivity index (χ2n) is 4.55. The number of morpholine rings is 1. The van der Waals surface area contributed by atoms with E-state index in [1.807, 2.05) is 0 Å². The maximum atomic E-state index is 12.7. The first-order valence-corrected chi connectivity index (χ1v) is 6.10. The molecule has 2 aromatic heterocycles. The molecule has 1 aliphatic heterocycles. The van der Waals surface area contributed by atoms with E-state index in [1.54, 1.807) is 0 Å². The molecule has 0 aliphatic carbocycles. The van der Waals surface area contributed by atoms with Gasteiger partial charge in [0.25, 0.3) is 5.91 Å². The van der Waals surface area contributed by atoms with Gasteiger partial charge in [-0.15, -0.1) is 5.10 Å². The highest BCUT2D eigenvalue weighted by Gasteiger charge is 2.44. The van der Waals surface area contributed by atoms with E-state index in [1.165, 1.54) is 22.8 Å². The van der Waals surface area contributed by atoms with Crippen LogP contribution in [-0.4, -0.2) is 62.8 Å². The van der Waals surface area contributed by atoms with Crippen molar-refractivity contribution in [2.75, 3.05) is 19.7 Å². The third kappa shape index (κ3) is 2.66. The maximum Gasteiger partial charge on any atom is 0.416 e. The average molecular weight is 301 g/mol. The molecular weight excluding hydrogens is 291 g/mol. The second kappa shape index (κ2) is 4.95. The van der Waals surface area contributed by atoms with E-state index in [4.69, 9.17) is 0 Å². The van der Waals surface area contributed by atoms with Crippen LogP contribution in [0, 0.1) is 0 Å². The molecule has 0 aromatic carbocycles. The highest BCUT2D eigenvalue weighted by molar-refractivity contribution is 5.94. The molecule has 7 nitrogen and oxygen atoms in total. The summed E-state index contributed by atoms with van der Waals surface area (Å²) >= 11 is 0. The third-order valence-electron chi connectivity index (χ3n) is 3.16. The third-order valence-corrected chi connectivity index (χ3v) is 3.16. The lowest BCUT2D eigenvalue weighted by atomic mass is 10.2. The predicted molar refractivity (Wildman–Crippen MR) is 62.5 cm³/mol. The fraction of sp³-hybridized carbons (Fsp3) is 0.455. The van der Waals surface area contributed by atoms with E-state index in [2.05, 4.69) is 20.3 Å². The number of carbonyl (C=O) groups excluding carboxylic acids is 1. The SMILES string of the molecule is O=C(c1ccc2nnnn2c1)N1CCOC(C(F)(F)F)C1. The molecule has 3 heterocycles. The van der Waals surface area contributed by atoms with E-state index < -0.39 is 24.7 Å². The smallest absolute Gasteiger partial charge is 0.365 e. The molecule has 112 valence electrons. The number of nitrogens with zero attached hydrogens (tertiary/aromatic N) is 5. The van der Waals surface area contributed by atoms with Gasteiger partial charge in [-0.25, -0.2) is 0 Å². The first-order chi connectivity index (χ1) is 9.95. The first-order valence-electron chi connectivity index (χ1n) is 6.10. The molecule has 0 N–H and O–H groups in total. The number of pyridine rings is 1. The molecule has 1 fully saturated rings. The molecule has 1 atom stereocenters. The molecule has 0 bridgehead atoms. The molecule has 1 aliphatic rings.